The fourth-order valence-electron chi connectivity index (χ4n) is 6.16. The molecule has 6 aromatic rings. The van der Waals surface area contributed by atoms with Gasteiger partial charge in [0.2, 0.25) is 0 Å². The topological polar surface area (TPSA) is 159 Å². The lowest BCUT2D eigenvalue weighted by molar-refractivity contribution is 0.0138. The number of amides is 1. The predicted octanol–water partition coefficient (Wildman–Crippen LogP) is 7.82. The molecule has 3 aromatic heterocycles. The summed E-state index contributed by atoms with van der Waals surface area (Å²) in [4.78, 5) is 51.6. The number of hydrogen-bond donors (Lipinski definition) is 3. The second kappa shape index (κ2) is 21.7. The molecule has 62 heavy (non-hydrogen) atoms. The first-order valence-corrected chi connectivity index (χ1v) is 20.7. The molecule has 13 nitrogen and oxygen atoms in total. The van der Waals surface area contributed by atoms with E-state index in [4.69, 9.17) is 39.5 Å². The molecule has 7 rings (SSSR count). The van der Waals surface area contributed by atoms with Crippen LogP contribution in [-0.2, 0) is 30.9 Å². The van der Waals surface area contributed by atoms with Crippen molar-refractivity contribution in [3.63, 3.8) is 0 Å². The molecule has 1 aliphatic rings. The zero-order valence-corrected chi connectivity index (χ0v) is 36.7. The SMILES string of the molecule is CC(C)(C)OC(=O)N1CCN(Cc2ccn(Cc3ccc(Cl)cc3)c(=O)c2O)CC1.O=c1c(O)cccn1Cc1ccc(Cl)cc1.O=c1c(O)cccn1Cc1ccc(Cl)cc1. The summed E-state index contributed by atoms with van der Waals surface area (Å²) in [5.74, 6) is -0.714. The molecular weight excluding hydrogens is 857 g/mol. The highest BCUT2D eigenvalue weighted by Crippen LogP contribution is 2.18. The van der Waals surface area contributed by atoms with Crippen LogP contribution in [0.3, 0.4) is 0 Å². The molecule has 326 valence electrons. The smallest absolute Gasteiger partial charge is 0.410 e. The van der Waals surface area contributed by atoms with Crippen molar-refractivity contribution >= 4 is 40.9 Å². The van der Waals surface area contributed by atoms with E-state index in [-0.39, 0.29) is 23.3 Å². The Balaban J connectivity index is 0.000000191. The van der Waals surface area contributed by atoms with Crippen molar-refractivity contribution in [2.24, 2.45) is 0 Å². The molecule has 0 radical (unpaired) electrons. The average molecular weight is 905 g/mol. The summed E-state index contributed by atoms with van der Waals surface area (Å²) < 4.78 is 9.77. The van der Waals surface area contributed by atoms with Crippen LogP contribution in [0.25, 0.3) is 0 Å². The number of aromatic nitrogens is 3. The molecule has 0 aliphatic carbocycles. The highest BCUT2D eigenvalue weighted by atomic mass is 35.5. The maximum absolute atomic E-state index is 12.6. The summed E-state index contributed by atoms with van der Waals surface area (Å²) in [6.45, 7) is 9.57. The van der Waals surface area contributed by atoms with Gasteiger partial charge >= 0.3 is 6.09 Å². The number of carbonyl (C=O) groups is 1. The minimum Gasteiger partial charge on any atom is -0.503 e. The van der Waals surface area contributed by atoms with E-state index in [2.05, 4.69) is 4.90 Å². The van der Waals surface area contributed by atoms with Gasteiger partial charge in [-0.3, -0.25) is 19.3 Å². The van der Waals surface area contributed by atoms with Crippen LogP contribution in [-0.4, -0.2) is 76.7 Å². The third-order valence-corrected chi connectivity index (χ3v) is 10.2. The zero-order valence-electron chi connectivity index (χ0n) is 34.5. The van der Waals surface area contributed by atoms with Crippen LogP contribution in [0.1, 0.15) is 43.0 Å². The maximum atomic E-state index is 12.6. The van der Waals surface area contributed by atoms with Crippen molar-refractivity contribution in [1.82, 2.24) is 23.5 Å². The Morgan fingerprint density at radius 2 is 0.935 bits per heavy atom. The molecule has 3 aromatic carbocycles. The van der Waals surface area contributed by atoms with Gasteiger partial charge in [0.1, 0.15) is 5.60 Å². The maximum Gasteiger partial charge on any atom is 0.410 e. The van der Waals surface area contributed by atoms with Crippen LogP contribution < -0.4 is 16.7 Å². The fourth-order valence-corrected chi connectivity index (χ4v) is 6.54. The van der Waals surface area contributed by atoms with E-state index in [0.717, 1.165) is 16.7 Å². The first kappa shape index (κ1) is 47.1. The number of carbonyl (C=O) groups excluding carboxylic acids is 1. The predicted molar refractivity (Wildman–Crippen MR) is 242 cm³/mol. The van der Waals surface area contributed by atoms with Crippen molar-refractivity contribution < 1.29 is 24.9 Å². The molecule has 4 heterocycles. The number of halogens is 3. The molecule has 1 aliphatic heterocycles. The molecule has 3 N–H and O–H groups in total. The number of nitrogens with zero attached hydrogens (tertiary/aromatic N) is 5. The van der Waals surface area contributed by atoms with Gasteiger partial charge in [0, 0.05) is 71.9 Å². The van der Waals surface area contributed by atoms with E-state index in [1.165, 1.54) is 25.8 Å². The van der Waals surface area contributed by atoms with Crippen molar-refractivity contribution in [2.45, 2.75) is 52.6 Å². The monoisotopic (exact) mass is 903 g/mol. The second-order valence-electron chi connectivity index (χ2n) is 15.4. The second-order valence-corrected chi connectivity index (χ2v) is 16.7. The van der Waals surface area contributed by atoms with Crippen molar-refractivity contribution in [1.29, 1.82) is 0 Å². The quantitative estimate of drug-likeness (QED) is 0.139. The third-order valence-electron chi connectivity index (χ3n) is 9.44. The highest BCUT2D eigenvalue weighted by molar-refractivity contribution is 6.31. The molecular formula is C46H48Cl3N5O8. The number of hydrogen-bond acceptors (Lipinski definition) is 9. The van der Waals surface area contributed by atoms with Gasteiger partial charge in [-0.1, -0.05) is 71.2 Å². The normalized spacial score (nSPS) is 12.7. The van der Waals surface area contributed by atoms with Crippen molar-refractivity contribution in [3.8, 4) is 17.2 Å². The third kappa shape index (κ3) is 14.0. The Morgan fingerprint density at radius 1 is 0.548 bits per heavy atom. The van der Waals surface area contributed by atoms with Gasteiger partial charge in [-0.05, 0) is 104 Å². The molecule has 1 fully saturated rings. The standard InChI is InChI=1S/C22H28ClN3O4.2C12H10ClNO2/c1-22(2,3)30-21(29)25-12-10-24(11-13-25)15-17-8-9-26(20(28)19(17)27)14-16-4-6-18(23)7-5-16;2*13-10-5-3-9(4-6-10)8-14-7-1-2-11(15)12(14)16/h4-9,27H,10-15H2,1-3H3;2*1-7,15H,8H2. The Bertz CT molecular complexity index is 2500. The lowest BCUT2D eigenvalue weighted by atomic mass is 10.2. The molecule has 0 spiro atoms. The number of ether oxygens (including phenoxy) is 1. The lowest BCUT2D eigenvalue weighted by Gasteiger charge is -2.35. The largest absolute Gasteiger partial charge is 0.503 e. The Kier molecular flexibility index (Phi) is 16.5. The van der Waals surface area contributed by atoms with Crippen LogP contribution in [0, 0.1) is 0 Å². The van der Waals surface area contributed by atoms with Crippen LogP contribution in [0.15, 0.2) is 136 Å². The Labute approximate surface area is 373 Å². The fraction of sp³-hybridized carbons (Fsp3) is 0.261. The molecule has 0 bridgehead atoms. The van der Waals surface area contributed by atoms with E-state index in [1.807, 2.05) is 57.2 Å². The minimum absolute atomic E-state index is 0.235. The van der Waals surface area contributed by atoms with E-state index >= 15 is 0 Å². The van der Waals surface area contributed by atoms with E-state index in [0.29, 0.717) is 73.0 Å². The van der Waals surface area contributed by atoms with Gasteiger partial charge in [-0.25, -0.2) is 4.79 Å². The van der Waals surface area contributed by atoms with Crippen LogP contribution in [0.5, 0.6) is 17.2 Å². The van der Waals surface area contributed by atoms with Crippen LogP contribution >= 0.6 is 34.8 Å². The number of benzene rings is 3. The van der Waals surface area contributed by atoms with Gasteiger partial charge in [0.15, 0.2) is 17.2 Å². The first-order chi connectivity index (χ1) is 29.4. The highest BCUT2D eigenvalue weighted by Gasteiger charge is 2.26. The Hall–Kier alpha value is -5.99. The van der Waals surface area contributed by atoms with E-state index in [9.17, 15) is 34.5 Å². The van der Waals surface area contributed by atoms with Gasteiger partial charge in [-0.2, -0.15) is 0 Å². The molecule has 0 saturated carbocycles. The Morgan fingerprint density at radius 3 is 1.32 bits per heavy atom. The van der Waals surface area contributed by atoms with Crippen LogP contribution in [0.2, 0.25) is 15.1 Å². The molecule has 0 atom stereocenters. The number of piperazine rings is 1. The number of pyridine rings is 3. The molecule has 1 amide bonds. The summed E-state index contributed by atoms with van der Waals surface area (Å²) in [6.07, 6.45) is 4.66. The number of aromatic hydroxyl groups is 3. The molecule has 0 unspecified atom stereocenters. The zero-order chi connectivity index (χ0) is 45.0. The van der Waals surface area contributed by atoms with Gasteiger partial charge < -0.3 is 38.7 Å². The van der Waals surface area contributed by atoms with Crippen LogP contribution in [0.4, 0.5) is 4.79 Å². The molecule has 16 heteroatoms. The van der Waals surface area contributed by atoms with Gasteiger partial charge in [0.25, 0.3) is 16.7 Å². The van der Waals surface area contributed by atoms with E-state index in [1.54, 1.807) is 78.1 Å². The summed E-state index contributed by atoms with van der Waals surface area (Å²) in [6, 6.07) is 29.5. The van der Waals surface area contributed by atoms with Gasteiger partial charge in [0.05, 0.1) is 19.6 Å². The summed E-state index contributed by atoms with van der Waals surface area (Å²) in [7, 11) is 0. The summed E-state index contributed by atoms with van der Waals surface area (Å²) in [5.41, 5.74) is 1.69. The van der Waals surface area contributed by atoms with Gasteiger partial charge in [-0.15, -0.1) is 0 Å². The summed E-state index contributed by atoms with van der Waals surface area (Å²) >= 11 is 17.4. The molecule has 1 saturated heterocycles. The first-order valence-electron chi connectivity index (χ1n) is 19.6. The van der Waals surface area contributed by atoms with Crippen molar-refractivity contribution in [2.75, 3.05) is 26.2 Å². The lowest BCUT2D eigenvalue weighted by Crippen LogP contribution is -2.49. The van der Waals surface area contributed by atoms with Crippen molar-refractivity contribution in [3.05, 3.63) is 190 Å². The number of rotatable bonds is 8. The van der Waals surface area contributed by atoms with E-state index < -0.39 is 22.3 Å². The summed E-state index contributed by atoms with van der Waals surface area (Å²) in [5, 5.41) is 30.9. The minimum atomic E-state index is -0.518. The average Bonchev–Trinajstić information content (AvgIpc) is 3.24.